The predicted octanol–water partition coefficient (Wildman–Crippen LogP) is 2.62. The number of nitrogens with zero attached hydrogens (tertiary/aromatic N) is 4. The lowest BCUT2D eigenvalue weighted by atomic mass is 10.0. The molecule has 0 N–H and O–H groups in total. The van der Waals surface area contributed by atoms with Gasteiger partial charge in [-0.15, -0.1) is 10.2 Å². The van der Waals surface area contributed by atoms with Gasteiger partial charge in [-0.25, -0.2) is 0 Å². The van der Waals surface area contributed by atoms with Gasteiger partial charge in [0, 0.05) is 30.5 Å². The number of amides is 1. The van der Waals surface area contributed by atoms with E-state index < -0.39 is 0 Å². The number of likely N-dealkylation sites (tertiary alicyclic amines) is 1. The second-order valence-corrected chi connectivity index (χ2v) is 6.26. The van der Waals surface area contributed by atoms with Crippen LogP contribution in [0, 0.1) is 0 Å². The standard InChI is InChI=1S/C15H18N4O2S/c1-11-4-2-3-9-19(11)13(20)10-22-15-18-17-14(21-15)12-5-7-16-8-6-12/h5-8,11H,2-4,9-10H2,1H3/t11-/m1/s1. The normalized spacial score (nSPS) is 18.4. The predicted molar refractivity (Wildman–Crippen MR) is 83.3 cm³/mol. The average molecular weight is 318 g/mol. The number of pyridine rings is 1. The molecule has 3 rings (SSSR count). The molecule has 1 amide bonds. The monoisotopic (exact) mass is 318 g/mol. The Bertz CT molecular complexity index is 631. The van der Waals surface area contributed by atoms with Crippen molar-refractivity contribution in [1.29, 1.82) is 0 Å². The number of carbonyl (C=O) groups excluding carboxylic acids is 1. The van der Waals surface area contributed by atoms with Crippen molar-refractivity contribution in [2.45, 2.75) is 37.5 Å². The average Bonchev–Trinajstić information content (AvgIpc) is 3.03. The van der Waals surface area contributed by atoms with Crippen LogP contribution < -0.4 is 0 Å². The lowest BCUT2D eigenvalue weighted by Gasteiger charge is -2.33. The Morgan fingerprint density at radius 3 is 2.95 bits per heavy atom. The number of hydrogen-bond acceptors (Lipinski definition) is 6. The topological polar surface area (TPSA) is 72.1 Å². The van der Waals surface area contributed by atoms with Crippen molar-refractivity contribution in [3.8, 4) is 11.5 Å². The zero-order valence-corrected chi connectivity index (χ0v) is 13.3. The van der Waals surface area contributed by atoms with Gasteiger partial charge < -0.3 is 9.32 Å². The van der Waals surface area contributed by atoms with Crippen molar-refractivity contribution < 1.29 is 9.21 Å². The summed E-state index contributed by atoms with van der Waals surface area (Å²) < 4.78 is 5.58. The summed E-state index contributed by atoms with van der Waals surface area (Å²) in [7, 11) is 0. The van der Waals surface area contributed by atoms with E-state index in [1.165, 1.54) is 18.2 Å². The van der Waals surface area contributed by atoms with Crippen molar-refractivity contribution in [3.63, 3.8) is 0 Å². The Labute approximate surface area is 133 Å². The quantitative estimate of drug-likeness (QED) is 0.807. The summed E-state index contributed by atoms with van der Waals surface area (Å²) >= 11 is 1.29. The summed E-state index contributed by atoms with van der Waals surface area (Å²) in [6.07, 6.45) is 6.73. The molecule has 3 heterocycles. The van der Waals surface area contributed by atoms with E-state index in [9.17, 15) is 4.79 Å². The smallest absolute Gasteiger partial charge is 0.277 e. The van der Waals surface area contributed by atoms with E-state index in [1.807, 2.05) is 17.0 Å². The molecular formula is C15H18N4O2S. The first-order chi connectivity index (χ1) is 10.7. The Kier molecular flexibility index (Phi) is 4.72. The molecule has 7 heteroatoms. The van der Waals surface area contributed by atoms with E-state index in [0.717, 1.165) is 24.9 Å². The second-order valence-electron chi connectivity index (χ2n) is 5.33. The molecule has 1 saturated heterocycles. The Morgan fingerprint density at radius 2 is 2.18 bits per heavy atom. The highest BCUT2D eigenvalue weighted by atomic mass is 32.2. The van der Waals surface area contributed by atoms with Gasteiger partial charge in [-0.05, 0) is 38.3 Å². The van der Waals surface area contributed by atoms with Gasteiger partial charge in [0.05, 0.1) is 5.75 Å². The largest absolute Gasteiger partial charge is 0.411 e. The summed E-state index contributed by atoms with van der Waals surface area (Å²) in [5.41, 5.74) is 0.824. The first-order valence-electron chi connectivity index (χ1n) is 7.40. The number of hydrogen-bond donors (Lipinski definition) is 0. The SMILES string of the molecule is C[C@@H]1CCCCN1C(=O)CSc1nnc(-c2ccncc2)o1. The molecule has 1 aliphatic heterocycles. The molecule has 1 fully saturated rings. The molecule has 116 valence electrons. The Morgan fingerprint density at radius 1 is 1.36 bits per heavy atom. The molecule has 0 spiro atoms. The molecule has 1 aliphatic rings. The number of carbonyl (C=O) groups is 1. The second kappa shape index (κ2) is 6.91. The Hall–Kier alpha value is -1.89. The summed E-state index contributed by atoms with van der Waals surface area (Å²) in [6, 6.07) is 3.95. The molecule has 0 saturated carbocycles. The minimum Gasteiger partial charge on any atom is -0.411 e. The minimum atomic E-state index is 0.140. The van der Waals surface area contributed by atoms with Crippen molar-refractivity contribution in [2.75, 3.05) is 12.3 Å². The van der Waals surface area contributed by atoms with Crippen molar-refractivity contribution in [3.05, 3.63) is 24.5 Å². The van der Waals surface area contributed by atoms with Crippen LogP contribution >= 0.6 is 11.8 Å². The highest BCUT2D eigenvalue weighted by Gasteiger charge is 2.23. The van der Waals surface area contributed by atoms with Crippen LogP contribution in [0.25, 0.3) is 11.5 Å². The molecular weight excluding hydrogens is 300 g/mol. The van der Waals surface area contributed by atoms with E-state index in [4.69, 9.17) is 4.42 Å². The molecule has 6 nitrogen and oxygen atoms in total. The van der Waals surface area contributed by atoms with Gasteiger partial charge in [0.2, 0.25) is 11.8 Å². The van der Waals surface area contributed by atoms with Gasteiger partial charge in [-0.2, -0.15) is 0 Å². The van der Waals surface area contributed by atoms with Gasteiger partial charge in [-0.3, -0.25) is 9.78 Å². The van der Waals surface area contributed by atoms with Crippen LogP contribution in [0.2, 0.25) is 0 Å². The number of piperidine rings is 1. The minimum absolute atomic E-state index is 0.140. The fourth-order valence-electron chi connectivity index (χ4n) is 2.55. The lowest BCUT2D eigenvalue weighted by Crippen LogP contribution is -2.42. The van der Waals surface area contributed by atoms with Gasteiger partial charge in [-0.1, -0.05) is 11.8 Å². The van der Waals surface area contributed by atoms with Crippen LogP contribution in [0.1, 0.15) is 26.2 Å². The van der Waals surface area contributed by atoms with E-state index in [0.29, 0.717) is 22.9 Å². The van der Waals surface area contributed by atoms with Crippen LogP contribution in [-0.4, -0.2) is 44.3 Å². The van der Waals surface area contributed by atoms with Gasteiger partial charge >= 0.3 is 0 Å². The van der Waals surface area contributed by atoms with Crippen LogP contribution in [-0.2, 0) is 4.79 Å². The van der Waals surface area contributed by atoms with Gasteiger partial charge in [0.25, 0.3) is 5.22 Å². The first-order valence-corrected chi connectivity index (χ1v) is 8.39. The van der Waals surface area contributed by atoms with Crippen molar-refractivity contribution >= 4 is 17.7 Å². The highest BCUT2D eigenvalue weighted by Crippen LogP contribution is 2.24. The highest BCUT2D eigenvalue weighted by molar-refractivity contribution is 7.99. The fraction of sp³-hybridized carbons (Fsp3) is 0.467. The van der Waals surface area contributed by atoms with Crippen LogP contribution in [0.3, 0.4) is 0 Å². The number of thioether (sulfide) groups is 1. The summed E-state index contributed by atoms with van der Waals surface area (Å²) in [5, 5.41) is 8.41. The van der Waals surface area contributed by atoms with Crippen LogP contribution in [0.5, 0.6) is 0 Å². The molecule has 0 bridgehead atoms. The van der Waals surface area contributed by atoms with E-state index in [-0.39, 0.29) is 5.91 Å². The molecule has 0 aromatic carbocycles. The maximum Gasteiger partial charge on any atom is 0.277 e. The van der Waals surface area contributed by atoms with Gasteiger partial charge in [0.1, 0.15) is 0 Å². The zero-order valence-electron chi connectivity index (χ0n) is 12.4. The molecule has 0 radical (unpaired) electrons. The molecule has 0 aliphatic carbocycles. The molecule has 2 aromatic rings. The first kappa shape index (κ1) is 15.0. The maximum atomic E-state index is 12.3. The number of rotatable bonds is 4. The zero-order chi connectivity index (χ0) is 15.4. The Balaban J connectivity index is 1.58. The van der Waals surface area contributed by atoms with E-state index in [2.05, 4.69) is 22.1 Å². The third kappa shape index (κ3) is 3.47. The van der Waals surface area contributed by atoms with E-state index in [1.54, 1.807) is 12.4 Å². The molecule has 2 aromatic heterocycles. The van der Waals surface area contributed by atoms with Crippen LogP contribution in [0.15, 0.2) is 34.2 Å². The van der Waals surface area contributed by atoms with Gasteiger partial charge in [0.15, 0.2) is 0 Å². The molecule has 1 atom stereocenters. The van der Waals surface area contributed by atoms with E-state index >= 15 is 0 Å². The summed E-state index contributed by atoms with van der Waals surface area (Å²) in [4.78, 5) is 18.2. The summed E-state index contributed by atoms with van der Waals surface area (Å²) in [6.45, 7) is 2.96. The third-order valence-electron chi connectivity index (χ3n) is 3.78. The molecule has 22 heavy (non-hydrogen) atoms. The maximum absolute atomic E-state index is 12.3. The van der Waals surface area contributed by atoms with Crippen molar-refractivity contribution in [1.82, 2.24) is 20.1 Å². The van der Waals surface area contributed by atoms with Crippen LogP contribution in [0.4, 0.5) is 0 Å². The summed E-state index contributed by atoms with van der Waals surface area (Å²) in [5.74, 6) is 0.923. The molecule has 0 unspecified atom stereocenters. The number of aromatic nitrogens is 3. The third-order valence-corrected chi connectivity index (χ3v) is 4.58. The fourth-order valence-corrected chi connectivity index (χ4v) is 3.20. The van der Waals surface area contributed by atoms with Crippen molar-refractivity contribution in [2.24, 2.45) is 0 Å². The lowest BCUT2D eigenvalue weighted by molar-refractivity contribution is -0.131.